The topological polar surface area (TPSA) is 64.6 Å². The molecule has 32 heavy (non-hydrogen) atoms. The van der Waals surface area contributed by atoms with Gasteiger partial charge in [0, 0.05) is 40.2 Å². The fraction of sp³-hybridized carbons (Fsp3) is 0.520. The lowest BCUT2D eigenvalue weighted by Gasteiger charge is -2.43. The van der Waals surface area contributed by atoms with Gasteiger partial charge in [-0.05, 0) is 92.6 Å². The molecule has 1 saturated carbocycles. The lowest BCUT2D eigenvalue weighted by Crippen LogP contribution is -2.52. The van der Waals surface area contributed by atoms with Crippen molar-refractivity contribution in [1.82, 2.24) is 9.62 Å². The molecule has 7 heteroatoms. The van der Waals surface area contributed by atoms with Gasteiger partial charge in [0.25, 0.3) is 0 Å². The number of ether oxygens (including phenoxy) is 1. The molecule has 1 N–H and O–H groups in total. The fourth-order valence-corrected chi connectivity index (χ4v) is 6.41. The summed E-state index contributed by atoms with van der Waals surface area (Å²) in [6.45, 7) is 2.88. The Morgan fingerprint density at radius 2 is 2.03 bits per heavy atom. The number of halogens is 1. The average Bonchev–Trinajstić information content (AvgIpc) is 3.02. The van der Waals surface area contributed by atoms with Gasteiger partial charge in [-0.25, -0.2) is 4.72 Å². The third-order valence-corrected chi connectivity index (χ3v) is 8.41. The third kappa shape index (κ3) is 4.75. The summed E-state index contributed by atoms with van der Waals surface area (Å²) in [5.74, 6) is 1.30. The van der Waals surface area contributed by atoms with E-state index in [2.05, 4.69) is 40.0 Å². The Hall–Kier alpha value is -1.44. The van der Waals surface area contributed by atoms with Crippen LogP contribution in [-0.4, -0.2) is 44.9 Å². The molecule has 0 radical (unpaired) electrons. The molecule has 3 unspecified atom stereocenters. The number of likely N-dealkylation sites (tertiary alicyclic amines) is 1. The van der Waals surface area contributed by atoms with Crippen LogP contribution >= 0.6 is 11.6 Å². The van der Waals surface area contributed by atoms with Gasteiger partial charge in [-0.2, -0.15) is 0 Å². The molecule has 1 saturated heterocycles. The van der Waals surface area contributed by atoms with Gasteiger partial charge in [0.05, 0.1) is 6.61 Å². The molecule has 3 aliphatic rings. The van der Waals surface area contributed by atoms with Gasteiger partial charge in [0.15, 0.2) is 0 Å². The molecule has 1 heterocycles. The van der Waals surface area contributed by atoms with Crippen molar-refractivity contribution in [1.29, 1.82) is 0 Å². The van der Waals surface area contributed by atoms with Crippen LogP contribution in [0.25, 0.3) is 0 Å². The summed E-state index contributed by atoms with van der Waals surface area (Å²) in [6, 6.07) is 15.3. The first-order valence-corrected chi connectivity index (χ1v) is 13.1. The van der Waals surface area contributed by atoms with Crippen LogP contribution in [0, 0.1) is 0 Å². The van der Waals surface area contributed by atoms with E-state index in [9.17, 15) is 8.76 Å². The molecule has 2 aromatic carbocycles. The minimum atomic E-state index is -2.23. The molecule has 172 valence electrons. The number of fused-ring (bicyclic) bond motifs is 1. The van der Waals surface area contributed by atoms with E-state index in [0.29, 0.717) is 25.0 Å². The van der Waals surface area contributed by atoms with Crippen LogP contribution < -0.4 is 9.46 Å². The second-order valence-electron chi connectivity index (χ2n) is 9.53. The van der Waals surface area contributed by atoms with E-state index < -0.39 is 11.3 Å². The van der Waals surface area contributed by atoms with E-state index in [1.165, 1.54) is 36.2 Å². The Morgan fingerprint density at radius 3 is 2.69 bits per heavy atom. The zero-order valence-corrected chi connectivity index (χ0v) is 19.8. The zero-order valence-electron chi connectivity index (χ0n) is 18.2. The third-order valence-electron chi connectivity index (χ3n) is 7.57. The Balaban J connectivity index is 1.30. The zero-order chi connectivity index (χ0) is 22.1. The maximum atomic E-state index is 11.1. The summed E-state index contributed by atoms with van der Waals surface area (Å²) < 4.78 is 31.1. The second kappa shape index (κ2) is 9.43. The highest BCUT2D eigenvalue weighted by atomic mass is 35.5. The van der Waals surface area contributed by atoms with Crippen molar-refractivity contribution in [2.75, 3.05) is 19.7 Å². The number of benzene rings is 2. The normalized spacial score (nSPS) is 24.9. The Morgan fingerprint density at radius 1 is 1.19 bits per heavy atom. The van der Waals surface area contributed by atoms with Crippen molar-refractivity contribution in [3.63, 3.8) is 0 Å². The monoisotopic (exact) mass is 473 g/mol. The van der Waals surface area contributed by atoms with E-state index in [-0.39, 0.29) is 5.54 Å². The Bertz CT molecular complexity index is 993. The van der Waals surface area contributed by atoms with Crippen molar-refractivity contribution in [3.8, 4) is 5.75 Å². The van der Waals surface area contributed by atoms with Crippen molar-refractivity contribution in [3.05, 3.63) is 64.2 Å². The molecule has 0 spiro atoms. The Kier molecular flexibility index (Phi) is 6.59. The number of rotatable bonds is 9. The maximum absolute atomic E-state index is 11.1. The predicted octanol–water partition coefficient (Wildman–Crippen LogP) is 4.37. The summed E-state index contributed by atoms with van der Waals surface area (Å²) in [7, 11) is 0. The number of hydrogen-bond acceptors (Lipinski definition) is 4. The molecule has 3 atom stereocenters. The van der Waals surface area contributed by atoms with E-state index in [1.54, 1.807) is 0 Å². The van der Waals surface area contributed by atoms with Crippen LogP contribution in [0.3, 0.4) is 0 Å². The summed E-state index contributed by atoms with van der Waals surface area (Å²) in [5.41, 5.74) is 3.76. The molecule has 5 rings (SSSR count). The first-order valence-electron chi connectivity index (χ1n) is 11.6. The van der Waals surface area contributed by atoms with E-state index in [4.69, 9.17) is 16.3 Å². The van der Waals surface area contributed by atoms with Gasteiger partial charge in [-0.3, -0.25) is 9.11 Å². The minimum Gasteiger partial charge on any atom is -0.760 e. The summed E-state index contributed by atoms with van der Waals surface area (Å²) in [4.78, 5) is 2.62. The molecular formula is C25H30ClN2O3S-. The quantitative estimate of drug-likeness (QED) is 0.549. The molecule has 1 aliphatic heterocycles. The second-order valence-corrected chi connectivity index (χ2v) is 10.6. The molecule has 0 bridgehead atoms. The van der Waals surface area contributed by atoms with Crippen molar-refractivity contribution in [2.45, 2.75) is 62.4 Å². The molecule has 2 fully saturated rings. The van der Waals surface area contributed by atoms with Crippen LogP contribution in [-0.2, 0) is 24.1 Å². The molecule has 5 nitrogen and oxygen atoms in total. The van der Waals surface area contributed by atoms with Crippen molar-refractivity contribution >= 4 is 22.9 Å². The lowest BCUT2D eigenvalue weighted by atomic mass is 9.75. The first kappa shape index (κ1) is 22.4. The molecular weight excluding hydrogens is 444 g/mol. The van der Waals surface area contributed by atoms with Crippen LogP contribution in [0.4, 0.5) is 0 Å². The highest BCUT2D eigenvalue weighted by Crippen LogP contribution is 2.42. The SMILES string of the molecule is O=S([O-])NC1(CCOc2ccc3c(c2)C(Cc2cccc(Cl)c2)C(N2CCC2)C3)CCC1. The van der Waals surface area contributed by atoms with Gasteiger partial charge >= 0.3 is 0 Å². The van der Waals surface area contributed by atoms with Gasteiger partial charge in [-0.15, -0.1) is 0 Å². The fourth-order valence-electron chi connectivity index (χ4n) is 5.54. The Labute approximate surface area is 197 Å². The van der Waals surface area contributed by atoms with Gasteiger partial charge < -0.3 is 9.29 Å². The maximum Gasteiger partial charge on any atom is 0.119 e. The van der Waals surface area contributed by atoms with Crippen LogP contribution in [0.1, 0.15) is 54.7 Å². The molecule has 2 aliphatic carbocycles. The lowest BCUT2D eigenvalue weighted by molar-refractivity contribution is 0.106. The van der Waals surface area contributed by atoms with Gasteiger partial charge in [-0.1, -0.05) is 29.8 Å². The first-order chi connectivity index (χ1) is 15.5. The van der Waals surface area contributed by atoms with E-state index >= 15 is 0 Å². The van der Waals surface area contributed by atoms with Gasteiger partial charge in [0.1, 0.15) is 5.75 Å². The number of nitrogens with one attached hydrogen (secondary N) is 1. The van der Waals surface area contributed by atoms with E-state index in [1.807, 2.05) is 12.1 Å². The average molecular weight is 474 g/mol. The highest BCUT2D eigenvalue weighted by Gasteiger charge is 2.39. The van der Waals surface area contributed by atoms with Crippen molar-refractivity contribution in [2.24, 2.45) is 0 Å². The van der Waals surface area contributed by atoms with Gasteiger partial charge in [0.2, 0.25) is 0 Å². The van der Waals surface area contributed by atoms with E-state index in [0.717, 1.165) is 42.9 Å². The van der Waals surface area contributed by atoms with Crippen molar-refractivity contribution < 1.29 is 13.5 Å². The summed E-state index contributed by atoms with van der Waals surface area (Å²) in [6.07, 6.45) is 6.87. The summed E-state index contributed by atoms with van der Waals surface area (Å²) >= 11 is 4.03. The minimum absolute atomic E-state index is 0.318. The molecule has 2 aromatic rings. The predicted molar refractivity (Wildman–Crippen MR) is 127 cm³/mol. The van der Waals surface area contributed by atoms with Crippen LogP contribution in [0.2, 0.25) is 5.02 Å². The molecule has 0 amide bonds. The van der Waals surface area contributed by atoms with Crippen LogP contribution in [0.5, 0.6) is 5.75 Å². The molecule has 0 aromatic heterocycles. The smallest absolute Gasteiger partial charge is 0.119 e. The largest absolute Gasteiger partial charge is 0.760 e. The summed E-state index contributed by atoms with van der Waals surface area (Å²) in [5, 5.41) is 0.788. The number of hydrogen-bond donors (Lipinski definition) is 1. The number of nitrogens with zero attached hydrogens (tertiary/aromatic N) is 1. The highest BCUT2D eigenvalue weighted by molar-refractivity contribution is 7.77. The standard InChI is InChI=1S/C25H31ClN2O3S/c26-20-5-1-4-18(14-20)15-23-22-17-21(7-6-19(22)16-24(23)28-11-3-12-28)31-13-10-25(8-2-9-25)27-32(29)30/h1,4-7,14,17,23-24,27H,2-3,8-13,15-16H2,(H,29,30)/p-1. The van der Waals surface area contributed by atoms with Crippen LogP contribution in [0.15, 0.2) is 42.5 Å².